The zero-order valence-corrected chi connectivity index (χ0v) is 18.0. The Bertz CT molecular complexity index is 960. The van der Waals surface area contributed by atoms with Crippen LogP contribution >= 0.6 is 11.6 Å². The van der Waals surface area contributed by atoms with Gasteiger partial charge in [-0.25, -0.2) is 5.43 Å². The van der Waals surface area contributed by atoms with Crippen molar-refractivity contribution in [2.45, 2.75) is 38.1 Å². The van der Waals surface area contributed by atoms with Gasteiger partial charge in [0.05, 0.1) is 11.1 Å². The van der Waals surface area contributed by atoms with E-state index in [0.29, 0.717) is 22.4 Å². The molecule has 0 aliphatic heterocycles. The molecule has 0 heterocycles. The Kier molecular flexibility index (Phi) is 7.83. The number of non-ortho nitro benzene ring substituents is 1. The van der Waals surface area contributed by atoms with E-state index >= 15 is 0 Å². The highest BCUT2D eigenvalue weighted by atomic mass is 35.5. The number of hydrogen-bond donors (Lipinski definition) is 1. The summed E-state index contributed by atoms with van der Waals surface area (Å²) in [5, 5.41) is 15.7. The van der Waals surface area contributed by atoms with Crippen LogP contribution in [0, 0.1) is 10.1 Å². The van der Waals surface area contributed by atoms with Crippen LogP contribution in [0.15, 0.2) is 47.6 Å². The Morgan fingerprint density at radius 3 is 2.77 bits per heavy atom. The molecule has 2 aromatic rings. The number of amides is 1. The molecule has 1 aliphatic rings. The van der Waals surface area contributed by atoms with Gasteiger partial charge in [-0.3, -0.25) is 14.9 Å². The van der Waals surface area contributed by atoms with Crippen molar-refractivity contribution in [3.63, 3.8) is 0 Å². The maximum Gasteiger partial charge on any atom is 0.277 e. The summed E-state index contributed by atoms with van der Waals surface area (Å²) < 4.78 is 5.38. The van der Waals surface area contributed by atoms with Crippen LogP contribution in [0.4, 0.5) is 11.4 Å². The lowest BCUT2D eigenvalue weighted by atomic mass is 9.94. The van der Waals surface area contributed by atoms with Crippen molar-refractivity contribution in [1.82, 2.24) is 5.43 Å². The molecule has 0 atom stereocenters. The van der Waals surface area contributed by atoms with E-state index in [9.17, 15) is 14.9 Å². The van der Waals surface area contributed by atoms with E-state index < -0.39 is 10.8 Å². The summed E-state index contributed by atoms with van der Waals surface area (Å²) in [5.74, 6) is 0.0190. The Morgan fingerprint density at radius 1 is 1.29 bits per heavy atom. The minimum Gasteiger partial charge on any atom is -0.484 e. The number of nitro groups is 1. The third-order valence-corrected chi connectivity index (χ3v) is 5.52. The summed E-state index contributed by atoms with van der Waals surface area (Å²) >= 11 is 5.89. The summed E-state index contributed by atoms with van der Waals surface area (Å²) in [6.07, 6.45) is 7.19. The number of carbonyl (C=O) groups excluding carboxylic acids is 1. The summed E-state index contributed by atoms with van der Waals surface area (Å²) in [4.78, 5) is 24.9. The molecule has 1 amide bonds. The topological polar surface area (TPSA) is 97.1 Å². The molecule has 9 heteroatoms. The average Bonchev–Trinajstić information content (AvgIpc) is 2.78. The van der Waals surface area contributed by atoms with Crippen LogP contribution in [0.1, 0.15) is 37.7 Å². The number of rotatable bonds is 8. The van der Waals surface area contributed by atoms with Crippen molar-refractivity contribution in [2.24, 2.45) is 5.10 Å². The smallest absolute Gasteiger partial charge is 0.277 e. The van der Waals surface area contributed by atoms with Crippen molar-refractivity contribution < 1.29 is 14.5 Å². The first-order chi connectivity index (χ1) is 14.9. The SMILES string of the molecule is CN(c1ccc([N+](=O)[O-])cc1C=NNC(=O)COc1cccc(Cl)c1)C1CCCCC1. The third kappa shape index (κ3) is 6.42. The van der Waals surface area contributed by atoms with Gasteiger partial charge in [0, 0.05) is 41.5 Å². The lowest BCUT2D eigenvalue weighted by Gasteiger charge is -2.33. The second-order valence-electron chi connectivity index (χ2n) is 7.44. The van der Waals surface area contributed by atoms with E-state index in [4.69, 9.17) is 16.3 Å². The first-order valence-electron chi connectivity index (χ1n) is 10.2. The van der Waals surface area contributed by atoms with Crippen molar-refractivity contribution in [1.29, 1.82) is 0 Å². The summed E-state index contributed by atoms with van der Waals surface area (Å²) in [5.41, 5.74) is 3.77. The van der Waals surface area contributed by atoms with Gasteiger partial charge >= 0.3 is 0 Å². The molecule has 1 N–H and O–H groups in total. The van der Waals surface area contributed by atoms with E-state index in [1.54, 1.807) is 30.3 Å². The minimum absolute atomic E-state index is 0.0298. The molecule has 0 unspecified atom stereocenters. The second kappa shape index (κ2) is 10.8. The Labute approximate surface area is 186 Å². The van der Waals surface area contributed by atoms with Gasteiger partial charge in [-0.1, -0.05) is 36.9 Å². The highest BCUT2D eigenvalue weighted by Gasteiger charge is 2.21. The number of nitrogens with one attached hydrogen (secondary N) is 1. The van der Waals surface area contributed by atoms with Crippen molar-refractivity contribution in [3.05, 3.63) is 63.2 Å². The monoisotopic (exact) mass is 444 g/mol. The van der Waals surface area contributed by atoms with E-state index in [1.165, 1.54) is 37.6 Å². The predicted octanol–water partition coefficient (Wildman–Crippen LogP) is 4.55. The molecule has 31 heavy (non-hydrogen) atoms. The van der Waals surface area contributed by atoms with Crippen molar-refractivity contribution >= 4 is 35.1 Å². The van der Waals surface area contributed by atoms with Gasteiger partial charge in [0.2, 0.25) is 0 Å². The molecular formula is C22H25ClN4O4. The molecule has 0 aromatic heterocycles. The van der Waals surface area contributed by atoms with Crippen LogP contribution in [-0.4, -0.2) is 36.7 Å². The summed E-state index contributed by atoms with van der Waals surface area (Å²) in [7, 11) is 1.99. The van der Waals surface area contributed by atoms with Crippen molar-refractivity contribution in [2.75, 3.05) is 18.6 Å². The largest absolute Gasteiger partial charge is 0.484 e. The zero-order chi connectivity index (χ0) is 22.2. The second-order valence-corrected chi connectivity index (χ2v) is 7.88. The predicted molar refractivity (Wildman–Crippen MR) is 121 cm³/mol. The molecular weight excluding hydrogens is 420 g/mol. The van der Waals surface area contributed by atoms with Gasteiger partial charge in [-0.15, -0.1) is 0 Å². The molecule has 3 rings (SSSR count). The number of halogens is 1. The van der Waals surface area contributed by atoms with Gasteiger partial charge in [-0.2, -0.15) is 5.10 Å². The fraction of sp³-hybridized carbons (Fsp3) is 0.364. The van der Waals surface area contributed by atoms with E-state index in [-0.39, 0.29) is 12.3 Å². The third-order valence-electron chi connectivity index (χ3n) is 5.28. The first-order valence-corrected chi connectivity index (χ1v) is 10.5. The van der Waals surface area contributed by atoms with E-state index in [2.05, 4.69) is 15.4 Å². The molecule has 0 spiro atoms. The summed E-state index contributed by atoms with van der Waals surface area (Å²) in [6, 6.07) is 11.8. The van der Waals surface area contributed by atoms with Crippen molar-refractivity contribution in [3.8, 4) is 5.75 Å². The fourth-order valence-electron chi connectivity index (χ4n) is 3.66. The lowest BCUT2D eigenvalue weighted by molar-refractivity contribution is -0.384. The van der Waals surface area contributed by atoms with Crippen LogP contribution in [0.2, 0.25) is 5.02 Å². The molecule has 1 saturated carbocycles. The number of anilines is 1. The lowest BCUT2D eigenvalue weighted by Crippen LogP contribution is -2.34. The summed E-state index contributed by atoms with van der Waals surface area (Å²) in [6.45, 7) is -0.235. The average molecular weight is 445 g/mol. The van der Waals surface area contributed by atoms with Gasteiger partial charge < -0.3 is 9.64 Å². The van der Waals surface area contributed by atoms with E-state index in [1.807, 2.05) is 7.05 Å². The van der Waals surface area contributed by atoms with Crippen LogP contribution in [0.25, 0.3) is 0 Å². The fourth-order valence-corrected chi connectivity index (χ4v) is 3.84. The highest BCUT2D eigenvalue weighted by Crippen LogP contribution is 2.30. The van der Waals surface area contributed by atoms with Gasteiger partial charge in [0.25, 0.3) is 11.6 Å². The van der Waals surface area contributed by atoms with Crippen LogP contribution < -0.4 is 15.1 Å². The molecule has 164 valence electrons. The molecule has 1 aliphatic carbocycles. The molecule has 0 saturated heterocycles. The number of hydrazone groups is 1. The normalized spacial score (nSPS) is 14.4. The molecule has 0 bridgehead atoms. The molecule has 8 nitrogen and oxygen atoms in total. The Hall–Kier alpha value is -3.13. The van der Waals surface area contributed by atoms with Gasteiger partial charge in [0.1, 0.15) is 5.75 Å². The number of nitro benzene ring substituents is 1. The van der Waals surface area contributed by atoms with Gasteiger partial charge in [-0.05, 0) is 37.1 Å². The Balaban J connectivity index is 1.67. The van der Waals surface area contributed by atoms with Crippen LogP contribution in [0.5, 0.6) is 5.75 Å². The van der Waals surface area contributed by atoms with Gasteiger partial charge in [0.15, 0.2) is 6.61 Å². The zero-order valence-electron chi connectivity index (χ0n) is 17.3. The molecule has 1 fully saturated rings. The molecule has 0 radical (unpaired) electrons. The maximum atomic E-state index is 12.0. The number of nitrogens with zero attached hydrogens (tertiary/aromatic N) is 3. The quantitative estimate of drug-likeness (QED) is 0.366. The number of benzene rings is 2. The van der Waals surface area contributed by atoms with E-state index in [0.717, 1.165) is 18.5 Å². The highest BCUT2D eigenvalue weighted by molar-refractivity contribution is 6.30. The maximum absolute atomic E-state index is 12.0. The van der Waals surface area contributed by atoms with Crippen LogP contribution in [-0.2, 0) is 4.79 Å². The standard InChI is InChI=1S/C22H25ClN4O4/c1-26(18-7-3-2-4-8-18)21-11-10-19(27(29)30)12-16(21)14-24-25-22(28)15-31-20-9-5-6-17(23)13-20/h5-6,9-14,18H,2-4,7-8,15H2,1H3,(H,25,28). The van der Waals surface area contributed by atoms with Crippen LogP contribution in [0.3, 0.4) is 0 Å². The number of hydrogen-bond acceptors (Lipinski definition) is 6. The minimum atomic E-state index is -0.455. The molecule has 2 aromatic carbocycles. The first kappa shape index (κ1) is 22.6. The number of carbonyl (C=O) groups is 1. The Morgan fingerprint density at radius 2 is 2.06 bits per heavy atom. The number of ether oxygens (including phenoxy) is 1.